The maximum atomic E-state index is 11.8. The topological polar surface area (TPSA) is 46.6 Å². The fourth-order valence-corrected chi connectivity index (χ4v) is 2.88. The van der Waals surface area contributed by atoms with Crippen molar-refractivity contribution < 1.29 is 14.3 Å². The smallest absolute Gasteiger partial charge is 0.337 e. The molecule has 24 heavy (non-hydrogen) atoms. The largest absolute Gasteiger partial charge is 0.465 e. The van der Waals surface area contributed by atoms with Gasteiger partial charge in [-0.25, -0.2) is 4.79 Å². The van der Waals surface area contributed by atoms with Crippen LogP contribution in [0, 0.1) is 0 Å². The van der Waals surface area contributed by atoms with Crippen LogP contribution in [0.1, 0.15) is 31.1 Å². The van der Waals surface area contributed by atoms with Gasteiger partial charge in [-0.1, -0.05) is 29.8 Å². The van der Waals surface area contributed by atoms with Crippen LogP contribution in [0.5, 0.6) is 0 Å². The summed E-state index contributed by atoms with van der Waals surface area (Å²) in [6.45, 7) is 5.41. The summed E-state index contributed by atoms with van der Waals surface area (Å²) >= 11 is 6.40. The number of methoxy groups -OCH3 is 1. The Morgan fingerprint density at radius 3 is 2.08 bits per heavy atom. The minimum atomic E-state index is -0.371. The normalized spacial score (nSPS) is 10.6. The molecule has 4 nitrogen and oxygen atoms in total. The number of rotatable bonds is 4. The van der Waals surface area contributed by atoms with Gasteiger partial charge in [0.2, 0.25) is 5.91 Å². The van der Waals surface area contributed by atoms with Crippen LogP contribution in [-0.4, -0.2) is 25.0 Å². The Morgan fingerprint density at radius 1 is 1.04 bits per heavy atom. The van der Waals surface area contributed by atoms with Crippen LogP contribution in [-0.2, 0) is 9.53 Å². The molecular weight excluding hydrogens is 326 g/mol. The van der Waals surface area contributed by atoms with Gasteiger partial charge in [0.25, 0.3) is 0 Å². The zero-order valence-corrected chi connectivity index (χ0v) is 14.9. The van der Waals surface area contributed by atoms with Gasteiger partial charge in [-0.2, -0.15) is 0 Å². The zero-order chi connectivity index (χ0) is 17.9. The molecule has 0 heterocycles. The first-order valence-electron chi connectivity index (χ1n) is 7.63. The molecule has 0 N–H and O–H groups in total. The summed E-state index contributed by atoms with van der Waals surface area (Å²) in [5.41, 5.74) is 3.02. The minimum absolute atomic E-state index is 0.0187. The second-order valence-electron chi connectivity index (χ2n) is 5.72. The SMILES string of the molecule is COC(=O)c1ccc(-c2ccc(N(C(C)=O)C(C)C)c(Cl)c2)cc1. The molecule has 5 heteroatoms. The molecule has 126 valence electrons. The molecule has 0 saturated carbocycles. The van der Waals surface area contributed by atoms with Gasteiger partial charge >= 0.3 is 5.97 Å². The first kappa shape index (κ1) is 18.0. The van der Waals surface area contributed by atoms with Crippen molar-refractivity contribution >= 4 is 29.2 Å². The molecular formula is C19H20ClNO3. The van der Waals surface area contributed by atoms with E-state index >= 15 is 0 Å². The minimum Gasteiger partial charge on any atom is -0.465 e. The Morgan fingerprint density at radius 2 is 1.62 bits per heavy atom. The molecule has 0 aromatic heterocycles. The number of anilines is 1. The molecule has 0 fully saturated rings. The average molecular weight is 346 g/mol. The Hall–Kier alpha value is -2.33. The Bertz CT molecular complexity index is 754. The quantitative estimate of drug-likeness (QED) is 0.763. The van der Waals surface area contributed by atoms with E-state index in [1.165, 1.54) is 14.0 Å². The van der Waals surface area contributed by atoms with Crippen LogP contribution < -0.4 is 4.90 Å². The summed E-state index contributed by atoms with van der Waals surface area (Å²) in [5, 5.41) is 0.508. The number of esters is 1. The summed E-state index contributed by atoms with van der Waals surface area (Å²) in [6.07, 6.45) is 0. The predicted molar refractivity (Wildman–Crippen MR) is 96.5 cm³/mol. The standard InChI is InChI=1S/C19H20ClNO3/c1-12(2)21(13(3)22)18-10-9-16(11-17(18)20)14-5-7-15(8-6-14)19(23)24-4/h5-12H,1-4H3. The first-order valence-corrected chi connectivity index (χ1v) is 8.01. The van der Waals surface area contributed by atoms with Crippen molar-refractivity contribution in [2.75, 3.05) is 12.0 Å². The number of hydrogen-bond donors (Lipinski definition) is 0. The van der Waals surface area contributed by atoms with Gasteiger partial charge in [0.1, 0.15) is 0 Å². The molecule has 0 spiro atoms. The third-order valence-electron chi connectivity index (χ3n) is 3.70. The number of ether oxygens (including phenoxy) is 1. The van der Waals surface area contributed by atoms with Crippen molar-refractivity contribution in [3.8, 4) is 11.1 Å². The molecule has 0 aliphatic carbocycles. The maximum Gasteiger partial charge on any atom is 0.337 e. The van der Waals surface area contributed by atoms with Crippen molar-refractivity contribution in [3.05, 3.63) is 53.1 Å². The van der Waals surface area contributed by atoms with E-state index in [9.17, 15) is 9.59 Å². The average Bonchev–Trinajstić information content (AvgIpc) is 2.55. The van der Waals surface area contributed by atoms with E-state index in [0.29, 0.717) is 16.3 Å². The van der Waals surface area contributed by atoms with E-state index < -0.39 is 0 Å². The van der Waals surface area contributed by atoms with Gasteiger partial charge in [0.05, 0.1) is 23.4 Å². The van der Waals surface area contributed by atoms with Crippen LogP contribution in [0.3, 0.4) is 0 Å². The molecule has 0 radical (unpaired) electrons. The lowest BCUT2D eigenvalue weighted by molar-refractivity contribution is -0.116. The summed E-state index contributed by atoms with van der Waals surface area (Å²) in [7, 11) is 1.35. The number of nitrogens with zero attached hydrogens (tertiary/aromatic N) is 1. The van der Waals surface area contributed by atoms with Gasteiger partial charge in [0, 0.05) is 13.0 Å². The lowest BCUT2D eigenvalue weighted by atomic mass is 10.0. The van der Waals surface area contributed by atoms with E-state index in [2.05, 4.69) is 0 Å². The van der Waals surface area contributed by atoms with Gasteiger partial charge in [-0.15, -0.1) is 0 Å². The van der Waals surface area contributed by atoms with E-state index in [0.717, 1.165) is 11.1 Å². The lowest BCUT2D eigenvalue weighted by Crippen LogP contribution is -2.35. The van der Waals surface area contributed by atoms with Crippen LogP contribution in [0.4, 0.5) is 5.69 Å². The highest BCUT2D eigenvalue weighted by Crippen LogP contribution is 2.32. The highest BCUT2D eigenvalue weighted by atomic mass is 35.5. The van der Waals surface area contributed by atoms with Crippen molar-refractivity contribution in [1.29, 1.82) is 0 Å². The number of benzene rings is 2. The van der Waals surface area contributed by atoms with Gasteiger partial charge < -0.3 is 9.64 Å². The maximum absolute atomic E-state index is 11.8. The number of halogens is 1. The highest BCUT2D eigenvalue weighted by Gasteiger charge is 2.18. The lowest BCUT2D eigenvalue weighted by Gasteiger charge is -2.26. The third-order valence-corrected chi connectivity index (χ3v) is 4.00. The summed E-state index contributed by atoms with van der Waals surface area (Å²) in [5.74, 6) is -0.425. The molecule has 2 rings (SSSR count). The number of carbonyl (C=O) groups is 2. The van der Waals surface area contributed by atoms with Crippen molar-refractivity contribution in [3.63, 3.8) is 0 Å². The van der Waals surface area contributed by atoms with Crippen molar-refractivity contribution in [2.24, 2.45) is 0 Å². The summed E-state index contributed by atoms with van der Waals surface area (Å²) in [6, 6.07) is 12.7. The van der Waals surface area contributed by atoms with Gasteiger partial charge in [-0.05, 0) is 49.2 Å². The van der Waals surface area contributed by atoms with Crippen LogP contribution in [0.25, 0.3) is 11.1 Å². The second kappa shape index (κ2) is 7.49. The third kappa shape index (κ3) is 3.77. The second-order valence-corrected chi connectivity index (χ2v) is 6.13. The van der Waals surface area contributed by atoms with Gasteiger partial charge in [0.15, 0.2) is 0 Å². The Kier molecular flexibility index (Phi) is 5.62. The number of hydrogen-bond acceptors (Lipinski definition) is 3. The zero-order valence-electron chi connectivity index (χ0n) is 14.2. The fourth-order valence-electron chi connectivity index (χ4n) is 2.61. The molecule has 1 amide bonds. The summed E-state index contributed by atoms with van der Waals surface area (Å²) in [4.78, 5) is 25.0. The Labute approximate surface area is 147 Å². The van der Waals surface area contributed by atoms with Crippen LogP contribution >= 0.6 is 11.6 Å². The van der Waals surface area contributed by atoms with E-state index in [1.54, 1.807) is 17.0 Å². The number of amides is 1. The highest BCUT2D eigenvalue weighted by molar-refractivity contribution is 6.34. The fraction of sp³-hybridized carbons (Fsp3) is 0.263. The van der Waals surface area contributed by atoms with E-state index in [4.69, 9.17) is 16.3 Å². The molecule has 2 aromatic carbocycles. The van der Waals surface area contributed by atoms with Gasteiger partial charge in [-0.3, -0.25) is 4.79 Å². The monoisotopic (exact) mass is 345 g/mol. The number of carbonyl (C=O) groups excluding carboxylic acids is 2. The van der Waals surface area contributed by atoms with E-state index in [1.807, 2.05) is 44.2 Å². The molecule has 0 unspecified atom stereocenters. The van der Waals surface area contributed by atoms with Crippen molar-refractivity contribution in [2.45, 2.75) is 26.8 Å². The van der Waals surface area contributed by atoms with Crippen molar-refractivity contribution in [1.82, 2.24) is 0 Å². The molecule has 0 aliphatic heterocycles. The molecule has 0 saturated heterocycles. The Balaban J connectivity index is 2.35. The van der Waals surface area contributed by atoms with E-state index in [-0.39, 0.29) is 17.9 Å². The first-order chi connectivity index (χ1) is 11.3. The molecule has 0 bridgehead atoms. The molecule has 2 aromatic rings. The molecule has 0 aliphatic rings. The molecule has 0 atom stereocenters. The van der Waals surface area contributed by atoms with Crippen LogP contribution in [0.15, 0.2) is 42.5 Å². The summed E-state index contributed by atoms with van der Waals surface area (Å²) < 4.78 is 4.69. The van der Waals surface area contributed by atoms with Crippen LogP contribution in [0.2, 0.25) is 5.02 Å². The predicted octanol–water partition coefficient (Wildman–Crippen LogP) is 4.55.